The molecule has 0 spiro atoms. The molecule has 1 fully saturated rings. The number of anilines is 2. The molecule has 9 heteroatoms. The highest BCUT2D eigenvalue weighted by Gasteiger charge is 2.22. The Bertz CT molecular complexity index is 774. The number of aromatic nitrogens is 2. The third kappa shape index (κ3) is 4.60. The van der Waals surface area contributed by atoms with Crippen LogP contribution in [0.1, 0.15) is 5.56 Å². The Labute approximate surface area is 155 Å². The average Bonchev–Trinajstić information content (AvgIpc) is 2.64. The summed E-state index contributed by atoms with van der Waals surface area (Å²) in [5, 5.41) is 19.2. The zero-order valence-corrected chi connectivity index (χ0v) is 14.7. The minimum atomic E-state index is -1.11. The van der Waals surface area contributed by atoms with E-state index in [9.17, 15) is 9.59 Å². The van der Waals surface area contributed by atoms with Crippen LogP contribution >= 0.6 is 11.6 Å². The maximum Gasteiger partial charge on any atom is 0.409 e. The van der Waals surface area contributed by atoms with Crippen molar-refractivity contribution in [2.24, 2.45) is 0 Å². The summed E-state index contributed by atoms with van der Waals surface area (Å²) in [6.07, 6.45) is -0.828. The smallest absolute Gasteiger partial charge is 0.409 e. The van der Waals surface area contributed by atoms with Crippen molar-refractivity contribution in [3.05, 3.63) is 47.1 Å². The number of halogens is 1. The van der Waals surface area contributed by atoms with Gasteiger partial charge in [-0.1, -0.05) is 23.7 Å². The minimum Gasteiger partial charge on any atom is -0.465 e. The number of nitrogens with one attached hydrogen (secondary N) is 1. The van der Waals surface area contributed by atoms with Gasteiger partial charge >= 0.3 is 6.09 Å². The van der Waals surface area contributed by atoms with E-state index in [1.54, 1.807) is 30.3 Å². The number of carbonyl (C=O) groups is 2. The summed E-state index contributed by atoms with van der Waals surface area (Å²) < 4.78 is 0. The fourth-order valence-electron chi connectivity index (χ4n) is 2.78. The Balaban J connectivity index is 1.52. The zero-order valence-electron chi connectivity index (χ0n) is 13.9. The highest BCUT2D eigenvalue weighted by Crippen LogP contribution is 2.16. The van der Waals surface area contributed by atoms with Gasteiger partial charge < -0.3 is 14.9 Å². The minimum absolute atomic E-state index is 0.0470. The first-order valence-electron chi connectivity index (χ1n) is 8.12. The van der Waals surface area contributed by atoms with Gasteiger partial charge in [-0.3, -0.25) is 10.1 Å². The number of hydrogen-bond donors (Lipinski definition) is 2. The highest BCUT2D eigenvalue weighted by atomic mass is 35.5. The van der Waals surface area contributed by atoms with Crippen LogP contribution in [-0.2, 0) is 11.2 Å². The Morgan fingerprint density at radius 2 is 1.73 bits per heavy atom. The molecule has 1 aliphatic heterocycles. The number of piperazine rings is 1. The number of carboxylic acid groups (broad SMARTS) is 1. The van der Waals surface area contributed by atoms with Crippen LogP contribution in [0.3, 0.4) is 0 Å². The van der Waals surface area contributed by atoms with Gasteiger partial charge in [-0.25, -0.2) is 4.79 Å². The largest absolute Gasteiger partial charge is 0.465 e. The van der Waals surface area contributed by atoms with Gasteiger partial charge in [-0.05, 0) is 29.8 Å². The third-order valence-corrected chi connectivity index (χ3v) is 4.34. The first kappa shape index (κ1) is 17.9. The number of nitrogens with zero attached hydrogens (tertiary/aromatic N) is 4. The van der Waals surface area contributed by atoms with Crippen molar-refractivity contribution >= 4 is 35.1 Å². The van der Waals surface area contributed by atoms with Crippen LogP contribution in [0, 0.1) is 0 Å². The summed E-state index contributed by atoms with van der Waals surface area (Å²) in [4.78, 5) is 27.0. The number of amides is 2. The lowest BCUT2D eigenvalue weighted by molar-refractivity contribution is -0.130. The first-order chi connectivity index (χ1) is 12.5. The summed E-state index contributed by atoms with van der Waals surface area (Å²) in [7, 11) is 0. The van der Waals surface area contributed by atoms with Crippen LogP contribution in [0.15, 0.2) is 36.4 Å². The Hall–Kier alpha value is -2.87. The van der Waals surface area contributed by atoms with Gasteiger partial charge in [0.05, 0.1) is 6.42 Å². The quantitative estimate of drug-likeness (QED) is 0.849. The molecular formula is C17H18ClN5O3. The molecule has 1 aromatic carbocycles. The molecule has 1 saturated heterocycles. The van der Waals surface area contributed by atoms with E-state index < -0.39 is 6.09 Å². The fraction of sp³-hybridized carbons (Fsp3) is 0.294. The first-order valence-corrected chi connectivity index (χ1v) is 8.50. The predicted octanol–water partition coefficient (Wildman–Crippen LogP) is 2.11. The Kier molecular flexibility index (Phi) is 5.52. The van der Waals surface area contributed by atoms with E-state index in [1.165, 1.54) is 0 Å². The van der Waals surface area contributed by atoms with Crippen LogP contribution in [0.2, 0.25) is 5.15 Å². The van der Waals surface area contributed by atoms with E-state index in [4.69, 9.17) is 16.7 Å². The van der Waals surface area contributed by atoms with Crippen molar-refractivity contribution in [3.63, 3.8) is 0 Å². The van der Waals surface area contributed by atoms with Crippen LogP contribution in [0.4, 0.5) is 16.3 Å². The van der Waals surface area contributed by atoms with Gasteiger partial charge in [-0.2, -0.15) is 0 Å². The molecule has 0 aliphatic carbocycles. The highest BCUT2D eigenvalue weighted by molar-refractivity contribution is 6.29. The molecular weight excluding hydrogens is 358 g/mol. The van der Waals surface area contributed by atoms with Crippen LogP contribution in [-0.4, -0.2) is 58.4 Å². The van der Waals surface area contributed by atoms with Gasteiger partial charge in [0.1, 0.15) is 0 Å². The molecule has 3 rings (SSSR count). The molecule has 1 aliphatic rings. The van der Waals surface area contributed by atoms with E-state index in [2.05, 4.69) is 20.4 Å². The second-order valence-electron chi connectivity index (χ2n) is 5.89. The SMILES string of the molecule is O=C(O)Nc1ccc(CC(=O)N2CCN(c3ccc(Cl)nn3)CC2)cc1. The summed E-state index contributed by atoms with van der Waals surface area (Å²) in [5.74, 6) is 0.800. The lowest BCUT2D eigenvalue weighted by atomic mass is 10.1. The number of benzene rings is 1. The van der Waals surface area contributed by atoms with Crippen molar-refractivity contribution in [1.82, 2.24) is 15.1 Å². The molecule has 0 unspecified atom stereocenters. The van der Waals surface area contributed by atoms with Crippen molar-refractivity contribution in [2.75, 3.05) is 36.4 Å². The molecule has 2 N–H and O–H groups in total. The van der Waals surface area contributed by atoms with Crippen LogP contribution in [0.5, 0.6) is 0 Å². The molecule has 0 atom stereocenters. The van der Waals surface area contributed by atoms with E-state index >= 15 is 0 Å². The molecule has 8 nitrogen and oxygen atoms in total. The van der Waals surface area contributed by atoms with Gasteiger partial charge in [0.15, 0.2) is 11.0 Å². The van der Waals surface area contributed by atoms with Gasteiger partial charge in [0.2, 0.25) is 5.91 Å². The Morgan fingerprint density at radius 1 is 1.04 bits per heavy atom. The number of rotatable bonds is 4. The molecule has 0 saturated carbocycles. The molecule has 136 valence electrons. The second kappa shape index (κ2) is 8.01. The van der Waals surface area contributed by atoms with Crippen LogP contribution in [0.25, 0.3) is 0 Å². The number of hydrogen-bond acceptors (Lipinski definition) is 5. The van der Waals surface area contributed by atoms with Crippen LogP contribution < -0.4 is 10.2 Å². The summed E-state index contributed by atoms with van der Waals surface area (Å²) in [6.45, 7) is 2.59. The molecule has 2 amide bonds. The second-order valence-corrected chi connectivity index (χ2v) is 6.27. The maximum absolute atomic E-state index is 12.5. The van der Waals surface area contributed by atoms with Gasteiger partial charge in [0.25, 0.3) is 0 Å². The summed E-state index contributed by atoms with van der Waals surface area (Å²) in [6, 6.07) is 10.3. The zero-order chi connectivity index (χ0) is 18.5. The van der Waals surface area contributed by atoms with E-state index in [-0.39, 0.29) is 12.3 Å². The lowest BCUT2D eigenvalue weighted by Gasteiger charge is -2.35. The normalized spacial score (nSPS) is 14.2. The number of carbonyl (C=O) groups excluding carboxylic acids is 1. The van der Waals surface area contributed by atoms with Crippen molar-refractivity contribution < 1.29 is 14.7 Å². The molecule has 1 aromatic heterocycles. The fourth-order valence-corrected chi connectivity index (χ4v) is 2.88. The van der Waals surface area contributed by atoms with Gasteiger partial charge in [0, 0.05) is 31.9 Å². The molecule has 26 heavy (non-hydrogen) atoms. The predicted molar refractivity (Wildman–Crippen MR) is 97.6 cm³/mol. The average molecular weight is 376 g/mol. The standard InChI is InChI=1S/C17H18ClN5O3/c18-14-5-6-15(21-20-14)22-7-9-23(10-8-22)16(24)11-12-1-3-13(4-2-12)19-17(25)26/h1-6,19H,7-11H2,(H,25,26). The van der Waals surface area contributed by atoms with E-state index in [1.807, 2.05) is 11.0 Å². The lowest BCUT2D eigenvalue weighted by Crippen LogP contribution is -2.49. The maximum atomic E-state index is 12.5. The van der Waals surface area contributed by atoms with Crippen molar-refractivity contribution in [1.29, 1.82) is 0 Å². The van der Waals surface area contributed by atoms with Crippen molar-refractivity contribution in [2.45, 2.75) is 6.42 Å². The van der Waals surface area contributed by atoms with Crippen molar-refractivity contribution in [3.8, 4) is 0 Å². The monoisotopic (exact) mass is 375 g/mol. The molecule has 2 heterocycles. The Morgan fingerprint density at radius 3 is 2.31 bits per heavy atom. The molecule has 0 bridgehead atoms. The molecule has 0 radical (unpaired) electrons. The summed E-state index contributed by atoms with van der Waals surface area (Å²) >= 11 is 5.75. The third-order valence-electron chi connectivity index (χ3n) is 4.13. The van der Waals surface area contributed by atoms with E-state index in [0.717, 1.165) is 11.4 Å². The summed E-state index contributed by atoms with van der Waals surface area (Å²) in [5.41, 5.74) is 1.32. The molecule has 2 aromatic rings. The van der Waals surface area contributed by atoms with Gasteiger partial charge in [-0.15, -0.1) is 10.2 Å². The topological polar surface area (TPSA) is 98.7 Å². The van der Waals surface area contributed by atoms with E-state index in [0.29, 0.717) is 37.0 Å².